The summed E-state index contributed by atoms with van der Waals surface area (Å²) >= 11 is 6.28. The summed E-state index contributed by atoms with van der Waals surface area (Å²) in [6, 6.07) is 14.9. The molecule has 0 N–H and O–H groups in total. The third-order valence-corrected chi connectivity index (χ3v) is 5.27. The fourth-order valence-electron chi connectivity index (χ4n) is 3.51. The van der Waals surface area contributed by atoms with Crippen molar-refractivity contribution in [1.82, 2.24) is 14.5 Å². The number of likely N-dealkylation sites (tertiary alicyclic amines) is 1. The number of nitrogens with zero attached hydrogens (tertiary/aromatic N) is 3. The van der Waals surface area contributed by atoms with Crippen LogP contribution in [0.5, 0.6) is 0 Å². The van der Waals surface area contributed by atoms with E-state index in [9.17, 15) is 9.59 Å². The second-order valence-electron chi connectivity index (χ2n) is 6.54. The van der Waals surface area contributed by atoms with E-state index in [4.69, 9.17) is 11.6 Å². The second-order valence-corrected chi connectivity index (χ2v) is 6.95. The summed E-state index contributed by atoms with van der Waals surface area (Å²) in [7, 11) is 0. The largest absolute Gasteiger partial charge is 0.341 e. The molecule has 3 aromatic rings. The van der Waals surface area contributed by atoms with Gasteiger partial charge in [0, 0.05) is 24.0 Å². The van der Waals surface area contributed by atoms with E-state index in [1.165, 1.54) is 10.9 Å². The number of carbonyl (C=O) groups excluding carboxylic acids is 1. The Morgan fingerprint density at radius 1 is 1.15 bits per heavy atom. The van der Waals surface area contributed by atoms with Gasteiger partial charge in [-0.05, 0) is 30.2 Å². The number of hydrogen-bond acceptors (Lipinski definition) is 3. The van der Waals surface area contributed by atoms with Crippen molar-refractivity contribution in [3.05, 3.63) is 75.8 Å². The monoisotopic (exact) mass is 367 g/mol. The van der Waals surface area contributed by atoms with Gasteiger partial charge >= 0.3 is 0 Å². The number of halogens is 1. The van der Waals surface area contributed by atoms with E-state index in [2.05, 4.69) is 4.98 Å². The van der Waals surface area contributed by atoms with Gasteiger partial charge in [-0.2, -0.15) is 0 Å². The Morgan fingerprint density at radius 3 is 2.77 bits per heavy atom. The van der Waals surface area contributed by atoms with E-state index in [0.717, 1.165) is 17.0 Å². The molecule has 132 valence electrons. The van der Waals surface area contributed by atoms with Crippen LogP contribution < -0.4 is 5.56 Å². The number of benzene rings is 2. The first-order valence-electron chi connectivity index (χ1n) is 8.60. The number of hydrogen-bond donors (Lipinski definition) is 0. The van der Waals surface area contributed by atoms with Crippen LogP contribution >= 0.6 is 11.6 Å². The van der Waals surface area contributed by atoms with Gasteiger partial charge in [0.2, 0.25) is 5.91 Å². The molecular formula is C20H18ClN3O2. The molecule has 0 aliphatic carbocycles. The summed E-state index contributed by atoms with van der Waals surface area (Å²) in [4.78, 5) is 31.3. The highest BCUT2D eigenvalue weighted by Gasteiger charge is 2.28. The number of amides is 1. The van der Waals surface area contributed by atoms with Crippen LogP contribution in [-0.4, -0.2) is 33.4 Å². The van der Waals surface area contributed by atoms with Gasteiger partial charge in [-0.3, -0.25) is 14.2 Å². The van der Waals surface area contributed by atoms with Crippen molar-refractivity contribution in [3.8, 4) is 0 Å². The Labute approximate surface area is 155 Å². The molecule has 26 heavy (non-hydrogen) atoms. The molecule has 1 amide bonds. The minimum Gasteiger partial charge on any atom is -0.341 e. The Morgan fingerprint density at radius 2 is 1.92 bits per heavy atom. The van der Waals surface area contributed by atoms with Crippen LogP contribution in [-0.2, 0) is 11.3 Å². The van der Waals surface area contributed by atoms with Crippen LogP contribution in [0, 0.1) is 0 Å². The summed E-state index contributed by atoms with van der Waals surface area (Å²) in [5, 5.41) is 1.26. The van der Waals surface area contributed by atoms with E-state index >= 15 is 0 Å². The highest BCUT2D eigenvalue weighted by Crippen LogP contribution is 2.31. The van der Waals surface area contributed by atoms with E-state index in [-0.39, 0.29) is 23.9 Å². The lowest BCUT2D eigenvalue weighted by Crippen LogP contribution is -2.35. The average Bonchev–Trinajstić information content (AvgIpc) is 3.15. The quantitative estimate of drug-likeness (QED) is 0.715. The smallest absolute Gasteiger partial charge is 0.261 e. The highest BCUT2D eigenvalue weighted by atomic mass is 35.5. The molecular weight excluding hydrogens is 350 g/mol. The SMILES string of the molecule is O=C(Cn1cnc2ccccc2c1=O)N1CC[C@@H](c2ccccc2Cl)C1. The van der Waals surface area contributed by atoms with Gasteiger partial charge in [0.05, 0.1) is 17.2 Å². The fourth-order valence-corrected chi connectivity index (χ4v) is 3.80. The predicted octanol–water partition coefficient (Wildman–Crippen LogP) is 3.07. The Bertz CT molecular complexity index is 1030. The van der Waals surface area contributed by atoms with Crippen molar-refractivity contribution in [2.45, 2.75) is 18.9 Å². The zero-order valence-corrected chi connectivity index (χ0v) is 14.9. The van der Waals surface area contributed by atoms with Crippen molar-refractivity contribution in [3.63, 3.8) is 0 Å². The van der Waals surface area contributed by atoms with E-state index < -0.39 is 0 Å². The van der Waals surface area contributed by atoms with E-state index in [1.54, 1.807) is 23.1 Å². The molecule has 0 bridgehead atoms. The summed E-state index contributed by atoms with van der Waals surface area (Å²) in [5.41, 5.74) is 1.53. The molecule has 1 aliphatic rings. The molecule has 0 saturated carbocycles. The lowest BCUT2D eigenvalue weighted by atomic mass is 9.98. The fraction of sp³-hybridized carbons (Fsp3) is 0.250. The number of aromatic nitrogens is 2. The highest BCUT2D eigenvalue weighted by molar-refractivity contribution is 6.31. The van der Waals surface area contributed by atoms with Crippen molar-refractivity contribution < 1.29 is 4.79 Å². The van der Waals surface area contributed by atoms with Crippen molar-refractivity contribution in [2.24, 2.45) is 0 Å². The van der Waals surface area contributed by atoms with Gasteiger partial charge in [0.15, 0.2) is 0 Å². The lowest BCUT2D eigenvalue weighted by Gasteiger charge is -2.18. The molecule has 0 unspecified atom stereocenters. The van der Waals surface area contributed by atoms with Crippen LogP contribution in [0.1, 0.15) is 17.9 Å². The molecule has 4 rings (SSSR count). The third-order valence-electron chi connectivity index (χ3n) is 4.92. The maximum Gasteiger partial charge on any atom is 0.261 e. The summed E-state index contributed by atoms with van der Waals surface area (Å²) in [6.45, 7) is 1.30. The van der Waals surface area contributed by atoms with Gasteiger partial charge in [-0.15, -0.1) is 0 Å². The molecule has 6 heteroatoms. The zero-order chi connectivity index (χ0) is 18.1. The number of fused-ring (bicyclic) bond motifs is 1. The molecule has 0 radical (unpaired) electrons. The first-order valence-corrected chi connectivity index (χ1v) is 8.97. The Balaban J connectivity index is 1.50. The van der Waals surface area contributed by atoms with Crippen LogP contribution in [0.25, 0.3) is 10.9 Å². The Kier molecular flexibility index (Phi) is 4.47. The molecule has 1 atom stereocenters. The van der Waals surface area contributed by atoms with Gasteiger partial charge < -0.3 is 4.90 Å². The maximum atomic E-state index is 12.7. The van der Waals surface area contributed by atoms with Crippen molar-refractivity contribution >= 4 is 28.4 Å². The first kappa shape index (κ1) is 16.8. The van der Waals surface area contributed by atoms with E-state index in [0.29, 0.717) is 24.0 Å². The normalized spacial score (nSPS) is 17.0. The lowest BCUT2D eigenvalue weighted by molar-refractivity contribution is -0.130. The van der Waals surface area contributed by atoms with Gasteiger partial charge in [0.1, 0.15) is 6.54 Å². The van der Waals surface area contributed by atoms with Crippen molar-refractivity contribution in [1.29, 1.82) is 0 Å². The first-order chi connectivity index (χ1) is 12.6. The Hall–Kier alpha value is -2.66. The zero-order valence-electron chi connectivity index (χ0n) is 14.1. The van der Waals surface area contributed by atoms with Crippen LogP contribution in [0.4, 0.5) is 0 Å². The molecule has 5 nitrogen and oxygen atoms in total. The molecule has 1 fully saturated rings. The minimum absolute atomic E-state index is 0.00586. The van der Waals surface area contributed by atoms with E-state index in [1.807, 2.05) is 30.3 Å². The average molecular weight is 368 g/mol. The topological polar surface area (TPSA) is 55.2 Å². The van der Waals surface area contributed by atoms with Crippen LogP contribution in [0.3, 0.4) is 0 Å². The van der Waals surface area contributed by atoms with Crippen LogP contribution in [0.2, 0.25) is 5.02 Å². The number of rotatable bonds is 3. The number of carbonyl (C=O) groups is 1. The predicted molar refractivity (Wildman–Crippen MR) is 101 cm³/mol. The molecule has 1 saturated heterocycles. The second kappa shape index (κ2) is 6.92. The molecule has 2 aromatic carbocycles. The third kappa shape index (κ3) is 3.10. The van der Waals surface area contributed by atoms with Crippen molar-refractivity contribution in [2.75, 3.05) is 13.1 Å². The maximum absolute atomic E-state index is 12.7. The summed E-state index contributed by atoms with van der Waals surface area (Å²) < 4.78 is 1.38. The molecule has 1 aliphatic heterocycles. The summed E-state index contributed by atoms with van der Waals surface area (Å²) in [5.74, 6) is 0.165. The van der Waals surface area contributed by atoms with Crippen LogP contribution in [0.15, 0.2) is 59.7 Å². The minimum atomic E-state index is -0.189. The molecule has 0 spiro atoms. The van der Waals surface area contributed by atoms with Gasteiger partial charge in [0.25, 0.3) is 5.56 Å². The summed E-state index contributed by atoms with van der Waals surface area (Å²) in [6.07, 6.45) is 2.32. The van der Waals surface area contributed by atoms with Gasteiger partial charge in [-0.25, -0.2) is 4.98 Å². The standard InChI is InChI=1S/C20H18ClN3O2/c21-17-7-3-1-5-15(17)14-9-10-23(11-14)19(25)12-24-13-22-18-8-4-2-6-16(18)20(24)26/h1-8,13-14H,9-12H2/t14-/m1/s1. The van der Waals surface area contributed by atoms with Gasteiger partial charge in [-0.1, -0.05) is 41.9 Å². The molecule has 2 heterocycles. The number of para-hydroxylation sites is 1. The molecule has 1 aromatic heterocycles.